The molecule has 0 spiro atoms. The Morgan fingerprint density at radius 3 is 2.34 bits per heavy atom. The zero-order valence-electron chi connectivity index (χ0n) is 15.6. The minimum absolute atomic E-state index is 0.0630. The van der Waals surface area contributed by atoms with Gasteiger partial charge in [-0.15, -0.1) is 0 Å². The molecular formula is C21H21Cl2N3O3. The molecule has 0 aliphatic carbocycles. The molecule has 6 nitrogen and oxygen atoms in total. The molecule has 0 radical (unpaired) electrons. The number of anilines is 1. The van der Waals surface area contributed by atoms with Crippen LogP contribution in [0.4, 0.5) is 5.69 Å². The SMILES string of the molecule is O=C(NO)c1cc(CCCCN(Cc2ccc(Cl)cc2)c2ccc(Cl)cc2)on1. The van der Waals surface area contributed by atoms with Gasteiger partial charge >= 0.3 is 0 Å². The van der Waals surface area contributed by atoms with Gasteiger partial charge in [0.1, 0.15) is 5.76 Å². The van der Waals surface area contributed by atoms with Crippen LogP contribution in [0.25, 0.3) is 0 Å². The van der Waals surface area contributed by atoms with Crippen molar-refractivity contribution in [3.8, 4) is 0 Å². The number of carbonyl (C=O) groups is 1. The maximum absolute atomic E-state index is 11.3. The van der Waals surface area contributed by atoms with Crippen molar-refractivity contribution >= 4 is 34.8 Å². The number of hydroxylamine groups is 1. The first kappa shape index (κ1) is 21.2. The van der Waals surface area contributed by atoms with Crippen LogP contribution in [0.2, 0.25) is 10.0 Å². The molecule has 2 N–H and O–H groups in total. The van der Waals surface area contributed by atoms with Crippen LogP contribution in [0.3, 0.4) is 0 Å². The summed E-state index contributed by atoms with van der Waals surface area (Å²) in [6.07, 6.45) is 2.43. The largest absolute Gasteiger partial charge is 0.367 e. The van der Waals surface area contributed by atoms with Crippen molar-refractivity contribution < 1.29 is 14.5 Å². The molecule has 8 heteroatoms. The number of hydrogen-bond acceptors (Lipinski definition) is 5. The highest BCUT2D eigenvalue weighted by molar-refractivity contribution is 6.30. The Morgan fingerprint density at radius 1 is 1.03 bits per heavy atom. The second-order valence-corrected chi connectivity index (χ2v) is 7.47. The van der Waals surface area contributed by atoms with Crippen LogP contribution in [-0.2, 0) is 13.0 Å². The Hall–Kier alpha value is -2.54. The number of halogens is 2. The standard InChI is InChI=1S/C21H21Cl2N3O3/c22-16-6-4-15(5-7-16)14-26(18-10-8-17(23)9-11-18)12-2-1-3-19-13-20(25-29-19)21(27)24-28/h4-11,13,28H,1-3,12,14H2,(H,24,27). The van der Waals surface area contributed by atoms with Gasteiger partial charge in [-0.2, -0.15) is 0 Å². The predicted octanol–water partition coefficient (Wildman–Crippen LogP) is 5.13. The van der Waals surface area contributed by atoms with E-state index in [1.807, 2.05) is 48.5 Å². The summed E-state index contributed by atoms with van der Waals surface area (Å²) in [5, 5.41) is 13.7. The lowest BCUT2D eigenvalue weighted by atomic mass is 10.1. The Kier molecular flexibility index (Phi) is 7.52. The van der Waals surface area contributed by atoms with Crippen LogP contribution < -0.4 is 10.4 Å². The highest BCUT2D eigenvalue weighted by Crippen LogP contribution is 2.22. The molecular weight excluding hydrogens is 413 g/mol. The van der Waals surface area contributed by atoms with Crippen molar-refractivity contribution in [2.24, 2.45) is 0 Å². The number of rotatable bonds is 9. The summed E-state index contributed by atoms with van der Waals surface area (Å²) < 4.78 is 5.14. The maximum atomic E-state index is 11.3. The molecule has 0 atom stereocenters. The number of amides is 1. The molecule has 0 bridgehead atoms. The summed E-state index contributed by atoms with van der Waals surface area (Å²) in [6, 6.07) is 17.1. The van der Waals surface area contributed by atoms with E-state index in [2.05, 4.69) is 10.1 Å². The van der Waals surface area contributed by atoms with Crippen molar-refractivity contribution in [1.82, 2.24) is 10.6 Å². The summed E-state index contributed by atoms with van der Waals surface area (Å²) in [5.74, 6) is -0.0729. The van der Waals surface area contributed by atoms with Crippen LogP contribution in [0.15, 0.2) is 59.1 Å². The molecule has 29 heavy (non-hydrogen) atoms. The zero-order valence-corrected chi connectivity index (χ0v) is 17.2. The van der Waals surface area contributed by atoms with Crippen LogP contribution in [0.1, 0.15) is 34.7 Å². The highest BCUT2D eigenvalue weighted by Gasteiger charge is 2.12. The lowest BCUT2D eigenvalue weighted by Gasteiger charge is -2.25. The van der Waals surface area contributed by atoms with Gasteiger partial charge in [0.15, 0.2) is 5.69 Å². The number of nitrogens with zero attached hydrogens (tertiary/aromatic N) is 2. The number of unbranched alkanes of at least 4 members (excludes halogenated alkanes) is 1. The van der Waals surface area contributed by atoms with E-state index in [4.69, 9.17) is 32.9 Å². The van der Waals surface area contributed by atoms with Crippen molar-refractivity contribution in [2.45, 2.75) is 25.8 Å². The normalized spacial score (nSPS) is 10.7. The lowest BCUT2D eigenvalue weighted by Crippen LogP contribution is -2.24. The number of aromatic nitrogens is 1. The fraction of sp³-hybridized carbons (Fsp3) is 0.238. The van der Waals surface area contributed by atoms with Gasteiger partial charge in [0.25, 0.3) is 5.91 Å². The van der Waals surface area contributed by atoms with Gasteiger partial charge in [0, 0.05) is 41.3 Å². The molecule has 3 aromatic rings. The van der Waals surface area contributed by atoms with E-state index in [0.717, 1.165) is 31.6 Å². The third-order valence-corrected chi connectivity index (χ3v) is 4.98. The van der Waals surface area contributed by atoms with Gasteiger partial charge in [-0.05, 0) is 54.8 Å². The van der Waals surface area contributed by atoms with E-state index in [1.165, 1.54) is 17.1 Å². The van der Waals surface area contributed by atoms with Crippen molar-refractivity contribution in [3.05, 3.63) is 81.7 Å². The van der Waals surface area contributed by atoms with Crippen molar-refractivity contribution in [2.75, 3.05) is 11.4 Å². The average Bonchev–Trinajstić information content (AvgIpc) is 3.21. The Bertz CT molecular complexity index is 927. The summed E-state index contributed by atoms with van der Waals surface area (Å²) >= 11 is 12.0. The molecule has 0 saturated heterocycles. The first-order valence-electron chi connectivity index (χ1n) is 9.20. The van der Waals surface area contributed by atoms with Crippen molar-refractivity contribution in [3.63, 3.8) is 0 Å². The molecule has 3 rings (SSSR count). The van der Waals surface area contributed by atoms with E-state index in [-0.39, 0.29) is 5.69 Å². The Labute approximate surface area is 179 Å². The fourth-order valence-electron chi connectivity index (χ4n) is 2.96. The van der Waals surface area contributed by atoms with E-state index in [0.29, 0.717) is 22.2 Å². The maximum Gasteiger partial charge on any atom is 0.296 e. The summed E-state index contributed by atoms with van der Waals surface area (Å²) in [5.41, 5.74) is 3.86. The quantitative estimate of drug-likeness (QED) is 0.277. The second kappa shape index (κ2) is 10.3. The number of nitrogens with one attached hydrogen (secondary N) is 1. The number of benzene rings is 2. The molecule has 1 aromatic heterocycles. The first-order valence-corrected chi connectivity index (χ1v) is 9.96. The van der Waals surface area contributed by atoms with Gasteiger partial charge in [-0.25, -0.2) is 5.48 Å². The van der Waals surface area contributed by atoms with Crippen LogP contribution in [-0.4, -0.2) is 22.8 Å². The van der Waals surface area contributed by atoms with Gasteiger partial charge in [-0.3, -0.25) is 10.0 Å². The second-order valence-electron chi connectivity index (χ2n) is 6.60. The van der Waals surface area contributed by atoms with E-state index in [9.17, 15) is 4.79 Å². The minimum atomic E-state index is -0.683. The van der Waals surface area contributed by atoms with Gasteiger partial charge in [0.2, 0.25) is 0 Å². The molecule has 152 valence electrons. The number of carbonyl (C=O) groups excluding carboxylic acids is 1. The van der Waals surface area contributed by atoms with Gasteiger partial charge in [-0.1, -0.05) is 40.5 Å². The first-order chi connectivity index (χ1) is 14.0. The molecule has 0 aliphatic rings. The van der Waals surface area contributed by atoms with E-state index in [1.54, 1.807) is 0 Å². The fourth-order valence-corrected chi connectivity index (χ4v) is 3.21. The van der Waals surface area contributed by atoms with E-state index >= 15 is 0 Å². The number of hydrogen-bond donors (Lipinski definition) is 2. The third kappa shape index (κ3) is 6.22. The van der Waals surface area contributed by atoms with Gasteiger partial charge in [0.05, 0.1) is 0 Å². The molecule has 1 heterocycles. The van der Waals surface area contributed by atoms with Crippen LogP contribution in [0.5, 0.6) is 0 Å². The predicted molar refractivity (Wildman–Crippen MR) is 113 cm³/mol. The average molecular weight is 434 g/mol. The van der Waals surface area contributed by atoms with Crippen LogP contribution in [0, 0.1) is 0 Å². The number of aryl methyl sites for hydroxylation is 1. The molecule has 1 amide bonds. The zero-order chi connectivity index (χ0) is 20.6. The Morgan fingerprint density at radius 2 is 1.69 bits per heavy atom. The summed E-state index contributed by atoms with van der Waals surface area (Å²) in [6.45, 7) is 1.59. The lowest BCUT2D eigenvalue weighted by molar-refractivity contribution is 0.0696. The monoisotopic (exact) mass is 433 g/mol. The van der Waals surface area contributed by atoms with Crippen molar-refractivity contribution in [1.29, 1.82) is 0 Å². The summed E-state index contributed by atoms with van der Waals surface area (Å²) in [7, 11) is 0. The Balaban J connectivity index is 1.59. The van der Waals surface area contributed by atoms with E-state index < -0.39 is 5.91 Å². The minimum Gasteiger partial charge on any atom is -0.367 e. The van der Waals surface area contributed by atoms with Crippen LogP contribution >= 0.6 is 23.2 Å². The topological polar surface area (TPSA) is 78.6 Å². The molecule has 2 aromatic carbocycles. The highest BCUT2D eigenvalue weighted by atomic mass is 35.5. The summed E-state index contributed by atoms with van der Waals surface area (Å²) in [4.78, 5) is 13.6. The molecule has 0 saturated carbocycles. The molecule has 0 unspecified atom stereocenters. The third-order valence-electron chi connectivity index (χ3n) is 4.47. The smallest absolute Gasteiger partial charge is 0.296 e. The van der Waals surface area contributed by atoms with Gasteiger partial charge < -0.3 is 9.42 Å². The molecule has 0 fully saturated rings. The molecule has 0 aliphatic heterocycles.